The number of amides is 1. The zero-order chi connectivity index (χ0) is 14.1. The highest BCUT2D eigenvalue weighted by Gasteiger charge is 2.42. The van der Waals surface area contributed by atoms with Gasteiger partial charge in [0.15, 0.2) is 0 Å². The zero-order valence-corrected chi connectivity index (χ0v) is 12.1. The summed E-state index contributed by atoms with van der Waals surface area (Å²) in [6, 6.07) is 0.397. The molecule has 0 spiro atoms. The Labute approximate surface area is 119 Å². The molecular weight excluding hydrogens is 252 g/mol. The number of nitrogens with two attached hydrogens (primary N) is 1. The molecule has 3 rings (SSSR count). The number of nitrogens with zero attached hydrogens (tertiary/aromatic N) is 2. The average Bonchev–Trinajstić information content (AvgIpc) is 3.33. The largest absolute Gasteiger partial charge is 0.349 e. The van der Waals surface area contributed by atoms with Crippen LogP contribution >= 0.6 is 0 Å². The molecule has 5 nitrogen and oxygen atoms in total. The molecule has 0 unspecified atom stereocenters. The van der Waals surface area contributed by atoms with Crippen molar-refractivity contribution >= 4 is 5.91 Å². The third kappa shape index (κ3) is 2.87. The van der Waals surface area contributed by atoms with Crippen molar-refractivity contribution in [1.82, 2.24) is 15.1 Å². The van der Waals surface area contributed by atoms with Gasteiger partial charge in [-0.2, -0.15) is 5.10 Å². The molecule has 0 radical (unpaired) electrons. The van der Waals surface area contributed by atoms with Gasteiger partial charge in [-0.05, 0) is 57.4 Å². The summed E-state index contributed by atoms with van der Waals surface area (Å²) in [6.07, 6.45) is 7.67. The van der Waals surface area contributed by atoms with Crippen molar-refractivity contribution < 1.29 is 4.79 Å². The van der Waals surface area contributed by atoms with E-state index in [9.17, 15) is 4.79 Å². The van der Waals surface area contributed by atoms with Crippen LogP contribution in [0.25, 0.3) is 0 Å². The summed E-state index contributed by atoms with van der Waals surface area (Å²) in [6.45, 7) is 3.39. The zero-order valence-electron chi connectivity index (χ0n) is 12.1. The van der Waals surface area contributed by atoms with E-state index >= 15 is 0 Å². The summed E-state index contributed by atoms with van der Waals surface area (Å²) >= 11 is 0. The van der Waals surface area contributed by atoms with Crippen LogP contribution in [-0.4, -0.2) is 28.3 Å². The Morgan fingerprint density at radius 1 is 1.45 bits per heavy atom. The van der Waals surface area contributed by atoms with E-state index in [0.717, 1.165) is 30.5 Å². The van der Waals surface area contributed by atoms with Crippen molar-refractivity contribution in [3.8, 4) is 0 Å². The molecule has 20 heavy (non-hydrogen) atoms. The highest BCUT2D eigenvalue weighted by molar-refractivity contribution is 5.95. The number of rotatable bonds is 7. The summed E-state index contributed by atoms with van der Waals surface area (Å²) in [7, 11) is 0. The minimum absolute atomic E-state index is 0.0466. The Morgan fingerprint density at radius 3 is 2.65 bits per heavy atom. The predicted octanol–water partition coefficient (Wildman–Crippen LogP) is 1.46. The normalized spacial score (nSPS) is 18.6. The maximum Gasteiger partial charge on any atom is 0.254 e. The topological polar surface area (TPSA) is 72.9 Å². The lowest BCUT2D eigenvalue weighted by Gasteiger charge is -2.17. The lowest BCUT2D eigenvalue weighted by Crippen LogP contribution is -2.38. The van der Waals surface area contributed by atoms with Crippen LogP contribution in [0.4, 0.5) is 0 Å². The molecule has 0 aromatic carbocycles. The van der Waals surface area contributed by atoms with Crippen molar-refractivity contribution in [2.24, 2.45) is 17.6 Å². The summed E-state index contributed by atoms with van der Waals surface area (Å²) in [5.41, 5.74) is 7.18. The molecule has 1 heterocycles. The average molecular weight is 276 g/mol. The highest BCUT2D eigenvalue weighted by atomic mass is 16.1. The molecule has 1 aromatic heterocycles. The molecule has 0 bridgehead atoms. The Bertz CT molecular complexity index is 476. The molecule has 1 aromatic rings. The molecule has 110 valence electrons. The van der Waals surface area contributed by atoms with Crippen molar-refractivity contribution in [2.75, 3.05) is 6.54 Å². The van der Waals surface area contributed by atoms with Crippen LogP contribution in [0.5, 0.6) is 0 Å². The van der Waals surface area contributed by atoms with Gasteiger partial charge in [-0.1, -0.05) is 0 Å². The van der Waals surface area contributed by atoms with E-state index in [4.69, 9.17) is 5.73 Å². The lowest BCUT2D eigenvalue weighted by atomic mass is 10.1. The van der Waals surface area contributed by atoms with Crippen LogP contribution in [0.2, 0.25) is 0 Å². The van der Waals surface area contributed by atoms with Gasteiger partial charge in [-0.25, -0.2) is 0 Å². The van der Waals surface area contributed by atoms with Crippen LogP contribution in [0.15, 0.2) is 6.20 Å². The first-order chi connectivity index (χ1) is 9.70. The minimum Gasteiger partial charge on any atom is -0.349 e. The second-order valence-electron chi connectivity index (χ2n) is 6.18. The van der Waals surface area contributed by atoms with Crippen LogP contribution in [0, 0.1) is 18.8 Å². The molecule has 1 amide bonds. The maximum absolute atomic E-state index is 12.4. The summed E-state index contributed by atoms with van der Waals surface area (Å²) in [5, 5.41) is 7.55. The number of carbonyl (C=O) groups is 1. The predicted molar refractivity (Wildman–Crippen MR) is 77.3 cm³/mol. The van der Waals surface area contributed by atoms with Gasteiger partial charge in [0, 0.05) is 18.3 Å². The molecule has 2 saturated carbocycles. The third-order valence-electron chi connectivity index (χ3n) is 4.48. The maximum atomic E-state index is 12.4. The van der Waals surface area contributed by atoms with Gasteiger partial charge in [-0.3, -0.25) is 9.48 Å². The molecular formula is C15H24N4O. The second kappa shape index (κ2) is 5.56. The van der Waals surface area contributed by atoms with E-state index in [1.807, 2.05) is 11.6 Å². The van der Waals surface area contributed by atoms with Crippen molar-refractivity contribution in [1.29, 1.82) is 0 Å². The fraction of sp³-hybridized carbons (Fsp3) is 0.733. The van der Waals surface area contributed by atoms with Crippen molar-refractivity contribution in [3.05, 3.63) is 17.5 Å². The number of carbonyl (C=O) groups excluding carboxylic acids is 1. The second-order valence-corrected chi connectivity index (χ2v) is 6.18. The van der Waals surface area contributed by atoms with Crippen LogP contribution in [0.3, 0.4) is 0 Å². The van der Waals surface area contributed by atoms with E-state index in [-0.39, 0.29) is 5.91 Å². The Balaban J connectivity index is 1.65. The lowest BCUT2D eigenvalue weighted by molar-refractivity contribution is 0.0925. The van der Waals surface area contributed by atoms with Gasteiger partial charge in [0.1, 0.15) is 0 Å². The minimum atomic E-state index is 0.0466. The van der Waals surface area contributed by atoms with E-state index < -0.39 is 0 Å². The third-order valence-corrected chi connectivity index (χ3v) is 4.48. The molecule has 0 aliphatic heterocycles. The number of hydrogen-bond acceptors (Lipinski definition) is 3. The molecule has 5 heteroatoms. The fourth-order valence-corrected chi connectivity index (χ4v) is 2.90. The van der Waals surface area contributed by atoms with Gasteiger partial charge >= 0.3 is 0 Å². The summed E-state index contributed by atoms with van der Waals surface area (Å²) in [4.78, 5) is 12.4. The van der Waals surface area contributed by atoms with Crippen LogP contribution in [0.1, 0.15) is 48.2 Å². The van der Waals surface area contributed by atoms with Gasteiger partial charge < -0.3 is 11.1 Å². The number of aromatic nitrogens is 2. The highest BCUT2D eigenvalue weighted by Crippen LogP contribution is 2.44. The molecule has 0 saturated heterocycles. The quantitative estimate of drug-likeness (QED) is 0.792. The number of hydrogen-bond donors (Lipinski definition) is 2. The van der Waals surface area contributed by atoms with Gasteiger partial charge in [0.25, 0.3) is 5.91 Å². The van der Waals surface area contributed by atoms with E-state index in [0.29, 0.717) is 18.2 Å². The number of nitrogens with one attached hydrogen (secondary N) is 1. The van der Waals surface area contributed by atoms with Gasteiger partial charge in [-0.15, -0.1) is 0 Å². The molecule has 3 N–H and O–H groups in total. The van der Waals surface area contributed by atoms with Gasteiger partial charge in [0.2, 0.25) is 0 Å². The molecule has 2 aliphatic rings. The van der Waals surface area contributed by atoms with Crippen molar-refractivity contribution in [3.63, 3.8) is 0 Å². The summed E-state index contributed by atoms with van der Waals surface area (Å²) in [5.74, 6) is 1.49. The van der Waals surface area contributed by atoms with Gasteiger partial charge in [0.05, 0.1) is 11.8 Å². The van der Waals surface area contributed by atoms with E-state index in [1.165, 1.54) is 25.7 Å². The van der Waals surface area contributed by atoms with Crippen LogP contribution < -0.4 is 11.1 Å². The Hall–Kier alpha value is -1.36. The first-order valence-electron chi connectivity index (χ1n) is 7.74. The molecule has 2 fully saturated rings. The van der Waals surface area contributed by atoms with Crippen LogP contribution in [-0.2, 0) is 6.54 Å². The standard InChI is InChI=1S/C15H24N4O/c1-10-13(9-17-19(10)8-2-7-16)15(20)18-14(11-3-4-11)12-5-6-12/h9,11-12,14H,2-8,16H2,1H3,(H,18,20). The fourth-order valence-electron chi connectivity index (χ4n) is 2.90. The Morgan fingerprint density at radius 2 is 2.10 bits per heavy atom. The SMILES string of the molecule is Cc1c(C(=O)NC(C2CC2)C2CC2)cnn1CCCN. The Kier molecular flexibility index (Phi) is 3.78. The first-order valence-corrected chi connectivity index (χ1v) is 7.74. The number of aryl methyl sites for hydroxylation is 1. The summed E-state index contributed by atoms with van der Waals surface area (Å²) < 4.78 is 1.88. The first kappa shape index (κ1) is 13.6. The monoisotopic (exact) mass is 276 g/mol. The van der Waals surface area contributed by atoms with Crippen molar-refractivity contribution in [2.45, 2.75) is 51.6 Å². The van der Waals surface area contributed by atoms with E-state index in [1.54, 1.807) is 6.20 Å². The smallest absolute Gasteiger partial charge is 0.254 e. The molecule has 2 aliphatic carbocycles. The molecule has 0 atom stereocenters. The van der Waals surface area contributed by atoms with E-state index in [2.05, 4.69) is 10.4 Å².